The molecule has 1 N–H and O–H groups in total. The van der Waals surface area contributed by atoms with Crippen LogP contribution in [-0.4, -0.2) is 54.7 Å². The molecule has 0 bridgehead atoms. The van der Waals surface area contributed by atoms with Crippen LogP contribution in [0.5, 0.6) is 0 Å². The minimum absolute atomic E-state index is 0.0884. The van der Waals surface area contributed by atoms with Gasteiger partial charge < -0.3 is 19.5 Å². The van der Waals surface area contributed by atoms with Gasteiger partial charge in [-0.15, -0.1) is 0 Å². The van der Waals surface area contributed by atoms with Gasteiger partial charge >= 0.3 is 0 Å². The van der Waals surface area contributed by atoms with Crippen molar-refractivity contribution in [2.75, 3.05) is 26.8 Å². The van der Waals surface area contributed by atoms with E-state index in [1.807, 2.05) is 17.9 Å². The molecule has 0 unspecified atom stereocenters. The standard InChI is InChI=1S/C21H31N3O4/c1-14-9-16(28-23-14)10-19(25)24-11-15-5-3-6-18(17(15)12-24)22-20(26)21(13-27-2)7-4-8-21/h9,15,17-18H,3-8,10-13H2,1-2H3,(H,22,26)/t15-,17+,18-/m0/s1. The number of carbonyl (C=O) groups excluding carboxylic acids is 2. The fourth-order valence-corrected chi connectivity index (χ4v) is 5.25. The Morgan fingerprint density at radius 1 is 1.32 bits per heavy atom. The summed E-state index contributed by atoms with van der Waals surface area (Å²) in [5.41, 5.74) is 0.460. The van der Waals surface area contributed by atoms with E-state index in [1.165, 1.54) is 0 Å². The van der Waals surface area contributed by atoms with Crippen LogP contribution in [0.25, 0.3) is 0 Å². The first kappa shape index (κ1) is 19.4. The van der Waals surface area contributed by atoms with Crippen LogP contribution in [0.3, 0.4) is 0 Å². The molecule has 0 aromatic carbocycles. The number of aromatic nitrogens is 1. The quantitative estimate of drug-likeness (QED) is 0.805. The van der Waals surface area contributed by atoms with Gasteiger partial charge in [0.05, 0.1) is 24.1 Å². The highest BCUT2D eigenvalue weighted by Crippen LogP contribution is 2.43. The number of carbonyl (C=O) groups is 2. The van der Waals surface area contributed by atoms with Gasteiger partial charge in [0.25, 0.3) is 0 Å². The number of nitrogens with one attached hydrogen (secondary N) is 1. The molecule has 2 aliphatic carbocycles. The highest BCUT2D eigenvalue weighted by atomic mass is 16.5. The normalized spacial score (nSPS) is 28.5. The average molecular weight is 389 g/mol. The van der Waals surface area contributed by atoms with Gasteiger partial charge in [0, 0.05) is 38.2 Å². The molecule has 3 atom stereocenters. The molecule has 0 spiro atoms. The summed E-state index contributed by atoms with van der Waals surface area (Å²) >= 11 is 0. The summed E-state index contributed by atoms with van der Waals surface area (Å²) in [6.07, 6.45) is 6.41. The number of aryl methyl sites for hydroxylation is 1. The zero-order chi connectivity index (χ0) is 19.7. The van der Waals surface area contributed by atoms with Crippen molar-refractivity contribution in [1.29, 1.82) is 0 Å². The lowest BCUT2D eigenvalue weighted by Crippen LogP contribution is -2.54. The van der Waals surface area contributed by atoms with E-state index in [2.05, 4.69) is 10.5 Å². The van der Waals surface area contributed by atoms with Crippen LogP contribution in [0.4, 0.5) is 0 Å². The van der Waals surface area contributed by atoms with Gasteiger partial charge in [-0.2, -0.15) is 0 Å². The van der Waals surface area contributed by atoms with Crippen LogP contribution >= 0.6 is 0 Å². The van der Waals surface area contributed by atoms with Crippen LogP contribution in [0, 0.1) is 24.2 Å². The molecule has 2 amide bonds. The zero-order valence-corrected chi connectivity index (χ0v) is 16.9. The third kappa shape index (κ3) is 3.69. The second-order valence-corrected chi connectivity index (χ2v) is 8.91. The first-order valence-electron chi connectivity index (χ1n) is 10.5. The van der Waals surface area contributed by atoms with Crippen molar-refractivity contribution in [1.82, 2.24) is 15.4 Å². The van der Waals surface area contributed by atoms with Crippen LogP contribution in [0.2, 0.25) is 0 Å². The van der Waals surface area contributed by atoms with Crippen molar-refractivity contribution < 1.29 is 18.8 Å². The maximum Gasteiger partial charge on any atom is 0.230 e. The summed E-state index contributed by atoms with van der Waals surface area (Å²) in [5, 5.41) is 7.21. The number of likely N-dealkylation sites (tertiary alicyclic amines) is 1. The van der Waals surface area contributed by atoms with E-state index in [9.17, 15) is 9.59 Å². The molecule has 1 aliphatic heterocycles. The summed E-state index contributed by atoms with van der Waals surface area (Å²) in [6.45, 7) is 3.86. The molecule has 154 valence electrons. The Labute approximate surface area is 166 Å². The number of rotatable bonds is 6. The SMILES string of the molecule is COCC1(C(=O)N[C@H]2CCC[C@H]3CN(C(=O)Cc4cc(C)no4)C[C@H]32)CCC1. The third-order valence-corrected chi connectivity index (χ3v) is 6.98. The van der Waals surface area contributed by atoms with Crippen molar-refractivity contribution in [3.8, 4) is 0 Å². The lowest BCUT2D eigenvalue weighted by Gasteiger charge is -2.42. The van der Waals surface area contributed by atoms with Gasteiger partial charge in [0.15, 0.2) is 0 Å². The number of fused-ring (bicyclic) bond motifs is 1. The molecular weight excluding hydrogens is 358 g/mol. The summed E-state index contributed by atoms with van der Waals surface area (Å²) in [4.78, 5) is 27.6. The molecule has 2 heterocycles. The van der Waals surface area contributed by atoms with Crippen molar-refractivity contribution in [2.24, 2.45) is 17.3 Å². The van der Waals surface area contributed by atoms with Crippen molar-refractivity contribution in [3.05, 3.63) is 17.5 Å². The number of ether oxygens (including phenoxy) is 1. The van der Waals surface area contributed by atoms with Gasteiger partial charge in [-0.05, 0) is 38.5 Å². The van der Waals surface area contributed by atoms with Crippen LogP contribution in [0.15, 0.2) is 10.6 Å². The van der Waals surface area contributed by atoms with E-state index < -0.39 is 0 Å². The first-order chi connectivity index (χ1) is 13.5. The van der Waals surface area contributed by atoms with E-state index in [4.69, 9.17) is 9.26 Å². The van der Waals surface area contributed by atoms with Crippen LogP contribution < -0.4 is 5.32 Å². The molecule has 28 heavy (non-hydrogen) atoms. The van der Waals surface area contributed by atoms with Gasteiger partial charge in [0.1, 0.15) is 5.76 Å². The molecule has 2 saturated carbocycles. The summed E-state index contributed by atoms with van der Waals surface area (Å²) in [5.74, 6) is 1.67. The second kappa shape index (κ2) is 7.85. The Morgan fingerprint density at radius 3 is 2.79 bits per heavy atom. The average Bonchev–Trinajstić information content (AvgIpc) is 3.24. The van der Waals surface area contributed by atoms with E-state index in [0.717, 1.165) is 57.3 Å². The highest BCUT2D eigenvalue weighted by Gasteiger charge is 2.47. The van der Waals surface area contributed by atoms with Gasteiger partial charge in [-0.3, -0.25) is 9.59 Å². The molecule has 1 aromatic heterocycles. The number of hydrogen-bond donors (Lipinski definition) is 1. The predicted molar refractivity (Wildman–Crippen MR) is 102 cm³/mol. The molecular formula is C21H31N3O4. The highest BCUT2D eigenvalue weighted by molar-refractivity contribution is 5.84. The Hall–Kier alpha value is -1.89. The van der Waals surface area contributed by atoms with Gasteiger partial charge in [-0.25, -0.2) is 0 Å². The molecule has 7 heteroatoms. The molecule has 4 rings (SSSR count). The molecule has 3 fully saturated rings. The Bertz CT molecular complexity index is 727. The number of nitrogens with zero attached hydrogens (tertiary/aromatic N) is 2. The Morgan fingerprint density at radius 2 is 2.14 bits per heavy atom. The fourth-order valence-electron chi connectivity index (χ4n) is 5.25. The van der Waals surface area contributed by atoms with E-state index in [-0.39, 0.29) is 29.7 Å². The monoisotopic (exact) mass is 389 g/mol. The number of methoxy groups -OCH3 is 1. The Balaban J connectivity index is 1.37. The van der Waals surface area contributed by atoms with Gasteiger partial charge in [0.2, 0.25) is 11.8 Å². The van der Waals surface area contributed by atoms with E-state index >= 15 is 0 Å². The molecule has 1 aromatic rings. The summed E-state index contributed by atoms with van der Waals surface area (Å²) in [7, 11) is 1.67. The number of hydrogen-bond acceptors (Lipinski definition) is 5. The smallest absolute Gasteiger partial charge is 0.230 e. The van der Waals surface area contributed by atoms with Crippen molar-refractivity contribution >= 4 is 11.8 Å². The molecule has 0 radical (unpaired) electrons. The van der Waals surface area contributed by atoms with Crippen molar-refractivity contribution in [2.45, 2.75) is 57.9 Å². The van der Waals surface area contributed by atoms with Gasteiger partial charge in [-0.1, -0.05) is 18.0 Å². The van der Waals surface area contributed by atoms with Crippen molar-refractivity contribution in [3.63, 3.8) is 0 Å². The molecule has 7 nitrogen and oxygen atoms in total. The number of amides is 2. The lowest BCUT2D eigenvalue weighted by atomic mass is 9.68. The maximum atomic E-state index is 13.0. The Kier molecular flexibility index (Phi) is 5.45. The van der Waals surface area contributed by atoms with Crippen LogP contribution in [-0.2, 0) is 20.7 Å². The first-order valence-corrected chi connectivity index (χ1v) is 10.5. The van der Waals surface area contributed by atoms with E-state index in [1.54, 1.807) is 7.11 Å². The summed E-state index contributed by atoms with van der Waals surface area (Å²) < 4.78 is 10.5. The lowest BCUT2D eigenvalue weighted by molar-refractivity contribution is -0.142. The molecule has 3 aliphatic rings. The van der Waals surface area contributed by atoms with E-state index in [0.29, 0.717) is 24.2 Å². The molecule has 1 saturated heterocycles. The minimum atomic E-state index is -0.333. The zero-order valence-electron chi connectivity index (χ0n) is 16.9. The third-order valence-electron chi connectivity index (χ3n) is 6.98. The second-order valence-electron chi connectivity index (χ2n) is 8.91. The largest absolute Gasteiger partial charge is 0.384 e. The summed E-state index contributed by atoms with van der Waals surface area (Å²) in [6, 6.07) is 1.98. The topological polar surface area (TPSA) is 84.7 Å². The maximum absolute atomic E-state index is 13.0. The minimum Gasteiger partial charge on any atom is -0.384 e. The predicted octanol–water partition coefficient (Wildman–Crippen LogP) is 2.09. The fraction of sp³-hybridized carbons (Fsp3) is 0.762. The van der Waals surface area contributed by atoms with Crippen LogP contribution in [0.1, 0.15) is 50.0 Å².